The third-order valence-corrected chi connectivity index (χ3v) is 2.03. The number of Topliss-reactive ketones (excluding diaryl/α,β-unsaturated/α-hetero) is 1. The molecule has 0 saturated carbocycles. The number of allylic oxidation sites excluding steroid dienone is 1. The van der Waals surface area contributed by atoms with Crippen LogP contribution in [0.5, 0.6) is 0 Å². The standard InChI is InChI=1S/C11H21NO/c1-4-6-7-8-11(10(3)13)12-9-5-2/h4,11-12H,1,5-9H2,2-3H3/t11-/m0/s1. The van der Waals surface area contributed by atoms with E-state index in [2.05, 4.69) is 18.8 Å². The summed E-state index contributed by atoms with van der Waals surface area (Å²) in [4.78, 5) is 11.2. The van der Waals surface area contributed by atoms with Gasteiger partial charge >= 0.3 is 0 Å². The molecule has 76 valence electrons. The summed E-state index contributed by atoms with van der Waals surface area (Å²) in [6, 6.07) is 0.0555. The fourth-order valence-electron chi connectivity index (χ4n) is 1.23. The van der Waals surface area contributed by atoms with Crippen LogP contribution in [0.3, 0.4) is 0 Å². The van der Waals surface area contributed by atoms with Gasteiger partial charge < -0.3 is 5.32 Å². The molecule has 13 heavy (non-hydrogen) atoms. The van der Waals surface area contributed by atoms with Gasteiger partial charge in [-0.3, -0.25) is 4.79 Å². The second kappa shape index (κ2) is 7.99. The topological polar surface area (TPSA) is 29.1 Å². The summed E-state index contributed by atoms with van der Waals surface area (Å²) in [5.41, 5.74) is 0. The van der Waals surface area contributed by atoms with Gasteiger partial charge in [-0.1, -0.05) is 13.0 Å². The second-order valence-electron chi connectivity index (χ2n) is 3.34. The smallest absolute Gasteiger partial charge is 0.146 e. The molecule has 0 aliphatic carbocycles. The first kappa shape index (κ1) is 12.4. The monoisotopic (exact) mass is 183 g/mol. The van der Waals surface area contributed by atoms with Crippen LogP contribution in [-0.4, -0.2) is 18.4 Å². The average Bonchev–Trinajstić information content (AvgIpc) is 2.10. The first-order valence-corrected chi connectivity index (χ1v) is 5.07. The molecule has 1 N–H and O–H groups in total. The van der Waals surface area contributed by atoms with E-state index in [1.807, 2.05) is 6.08 Å². The summed E-state index contributed by atoms with van der Waals surface area (Å²) in [5, 5.41) is 3.24. The maximum Gasteiger partial charge on any atom is 0.146 e. The average molecular weight is 183 g/mol. The van der Waals surface area contributed by atoms with Gasteiger partial charge in [0.1, 0.15) is 5.78 Å². The lowest BCUT2D eigenvalue weighted by atomic mass is 10.1. The van der Waals surface area contributed by atoms with Gasteiger partial charge in [-0.15, -0.1) is 6.58 Å². The largest absolute Gasteiger partial charge is 0.307 e. The fraction of sp³-hybridized carbons (Fsp3) is 0.727. The molecule has 0 aromatic carbocycles. The van der Waals surface area contributed by atoms with Crippen molar-refractivity contribution in [3.63, 3.8) is 0 Å². The van der Waals surface area contributed by atoms with E-state index in [1.54, 1.807) is 6.92 Å². The Morgan fingerprint density at radius 2 is 2.31 bits per heavy atom. The highest BCUT2D eigenvalue weighted by Gasteiger charge is 2.11. The number of unbranched alkanes of at least 4 members (excludes halogenated alkanes) is 1. The van der Waals surface area contributed by atoms with E-state index in [0.717, 1.165) is 32.2 Å². The molecule has 0 heterocycles. The molecule has 2 nitrogen and oxygen atoms in total. The van der Waals surface area contributed by atoms with Crippen LogP contribution in [0.15, 0.2) is 12.7 Å². The quantitative estimate of drug-likeness (QED) is 0.462. The summed E-state index contributed by atoms with van der Waals surface area (Å²) in [6.45, 7) is 8.35. The number of carbonyl (C=O) groups excluding carboxylic acids is 1. The molecule has 0 bridgehead atoms. The van der Waals surface area contributed by atoms with Crippen molar-refractivity contribution in [3.8, 4) is 0 Å². The van der Waals surface area contributed by atoms with Crippen molar-refractivity contribution in [1.82, 2.24) is 5.32 Å². The molecule has 2 heteroatoms. The Morgan fingerprint density at radius 1 is 1.62 bits per heavy atom. The van der Waals surface area contributed by atoms with E-state index in [0.29, 0.717) is 0 Å². The summed E-state index contributed by atoms with van der Waals surface area (Å²) in [6.07, 6.45) is 5.95. The van der Waals surface area contributed by atoms with Gasteiger partial charge in [-0.25, -0.2) is 0 Å². The fourth-order valence-corrected chi connectivity index (χ4v) is 1.23. The first-order chi connectivity index (χ1) is 6.22. The zero-order valence-electron chi connectivity index (χ0n) is 8.81. The lowest BCUT2D eigenvalue weighted by Crippen LogP contribution is -2.35. The van der Waals surface area contributed by atoms with Gasteiger partial charge in [-0.05, 0) is 39.2 Å². The Labute approximate surface area is 81.4 Å². The van der Waals surface area contributed by atoms with E-state index >= 15 is 0 Å². The summed E-state index contributed by atoms with van der Waals surface area (Å²) >= 11 is 0. The molecule has 0 fully saturated rings. The van der Waals surface area contributed by atoms with Gasteiger partial charge in [0.05, 0.1) is 6.04 Å². The minimum Gasteiger partial charge on any atom is -0.307 e. The van der Waals surface area contributed by atoms with Crippen molar-refractivity contribution in [2.24, 2.45) is 0 Å². The van der Waals surface area contributed by atoms with Crippen LogP contribution in [0.2, 0.25) is 0 Å². The molecule has 0 aliphatic heterocycles. The van der Waals surface area contributed by atoms with Crippen molar-refractivity contribution < 1.29 is 4.79 Å². The Balaban J connectivity index is 3.66. The van der Waals surface area contributed by atoms with Crippen LogP contribution in [0.25, 0.3) is 0 Å². The maximum atomic E-state index is 11.2. The Bertz CT molecular complexity index is 154. The zero-order chi connectivity index (χ0) is 10.1. The first-order valence-electron chi connectivity index (χ1n) is 5.07. The summed E-state index contributed by atoms with van der Waals surface area (Å²) in [5.74, 6) is 0.248. The van der Waals surface area contributed by atoms with E-state index in [9.17, 15) is 4.79 Å². The van der Waals surface area contributed by atoms with Gasteiger partial charge in [-0.2, -0.15) is 0 Å². The highest BCUT2D eigenvalue weighted by molar-refractivity contribution is 5.81. The Morgan fingerprint density at radius 3 is 2.77 bits per heavy atom. The molecule has 0 rings (SSSR count). The molecular weight excluding hydrogens is 162 g/mol. The van der Waals surface area contributed by atoms with Gasteiger partial charge in [0.15, 0.2) is 0 Å². The van der Waals surface area contributed by atoms with E-state index in [4.69, 9.17) is 0 Å². The van der Waals surface area contributed by atoms with Crippen molar-refractivity contribution in [2.45, 2.75) is 45.6 Å². The maximum absolute atomic E-state index is 11.2. The predicted octanol–water partition coefficient (Wildman–Crippen LogP) is 2.30. The number of nitrogens with one attached hydrogen (secondary N) is 1. The molecule has 0 radical (unpaired) electrons. The lowest BCUT2D eigenvalue weighted by molar-refractivity contribution is -0.119. The minimum atomic E-state index is 0.0555. The number of hydrogen-bond donors (Lipinski definition) is 1. The highest BCUT2D eigenvalue weighted by atomic mass is 16.1. The van der Waals surface area contributed by atoms with Crippen LogP contribution >= 0.6 is 0 Å². The molecule has 0 aliphatic rings. The summed E-state index contributed by atoms with van der Waals surface area (Å²) in [7, 11) is 0. The molecular formula is C11H21NO. The number of rotatable bonds is 8. The number of carbonyl (C=O) groups is 1. The van der Waals surface area contributed by atoms with Crippen LogP contribution in [0.1, 0.15) is 39.5 Å². The number of ketones is 1. The van der Waals surface area contributed by atoms with E-state index in [-0.39, 0.29) is 11.8 Å². The van der Waals surface area contributed by atoms with E-state index < -0.39 is 0 Å². The van der Waals surface area contributed by atoms with Crippen molar-refractivity contribution >= 4 is 5.78 Å². The highest BCUT2D eigenvalue weighted by Crippen LogP contribution is 2.02. The van der Waals surface area contributed by atoms with Gasteiger partial charge in [0, 0.05) is 0 Å². The SMILES string of the molecule is C=CCCC[C@H](NCCC)C(C)=O. The van der Waals surface area contributed by atoms with Crippen molar-refractivity contribution in [3.05, 3.63) is 12.7 Å². The third-order valence-electron chi connectivity index (χ3n) is 2.03. The molecule has 0 spiro atoms. The Kier molecular flexibility index (Phi) is 7.60. The minimum absolute atomic E-state index is 0.0555. The normalized spacial score (nSPS) is 12.5. The Hall–Kier alpha value is -0.630. The second-order valence-corrected chi connectivity index (χ2v) is 3.34. The summed E-state index contributed by atoms with van der Waals surface area (Å²) < 4.78 is 0. The predicted molar refractivity (Wildman–Crippen MR) is 56.8 cm³/mol. The molecule has 0 unspecified atom stereocenters. The van der Waals surface area contributed by atoms with Crippen molar-refractivity contribution in [2.75, 3.05) is 6.54 Å². The molecule has 0 aromatic heterocycles. The van der Waals surface area contributed by atoms with E-state index in [1.165, 1.54) is 0 Å². The molecule has 0 saturated heterocycles. The third kappa shape index (κ3) is 6.52. The van der Waals surface area contributed by atoms with Gasteiger partial charge in [0.25, 0.3) is 0 Å². The van der Waals surface area contributed by atoms with Crippen LogP contribution < -0.4 is 5.32 Å². The van der Waals surface area contributed by atoms with Crippen LogP contribution in [0, 0.1) is 0 Å². The van der Waals surface area contributed by atoms with Gasteiger partial charge in [0.2, 0.25) is 0 Å². The number of hydrogen-bond acceptors (Lipinski definition) is 2. The molecule has 1 atom stereocenters. The van der Waals surface area contributed by atoms with Crippen molar-refractivity contribution in [1.29, 1.82) is 0 Å². The molecule has 0 aromatic rings. The molecule has 0 amide bonds. The van der Waals surface area contributed by atoms with Crippen LogP contribution in [-0.2, 0) is 4.79 Å². The lowest BCUT2D eigenvalue weighted by Gasteiger charge is -2.14. The van der Waals surface area contributed by atoms with Crippen LogP contribution in [0.4, 0.5) is 0 Å². The zero-order valence-corrected chi connectivity index (χ0v) is 8.81.